The van der Waals surface area contributed by atoms with Crippen LogP contribution in [0.5, 0.6) is 0 Å². The molecule has 2 aromatic heterocycles. The minimum absolute atomic E-state index is 0.143. The summed E-state index contributed by atoms with van der Waals surface area (Å²) in [5.74, 6) is 0.488. The third-order valence-corrected chi connectivity index (χ3v) is 2.69. The average Bonchev–Trinajstić information content (AvgIpc) is 2.50. The fourth-order valence-corrected chi connectivity index (χ4v) is 1.92. The number of hydrogen-bond acceptors (Lipinski definition) is 4. The Balaban J connectivity index is 2.70. The third-order valence-electron chi connectivity index (χ3n) is 1.89. The van der Waals surface area contributed by atoms with E-state index < -0.39 is 5.67 Å². The third kappa shape index (κ3) is 1.43. The number of nitrogens with zero attached hydrogens (tertiary/aromatic N) is 2. The van der Waals surface area contributed by atoms with Crippen molar-refractivity contribution in [2.75, 3.05) is 5.73 Å². The van der Waals surface area contributed by atoms with Gasteiger partial charge in [0.05, 0.1) is 5.39 Å². The quantitative estimate of drug-likeness (QED) is 0.788. The molecule has 2 heterocycles. The lowest BCUT2D eigenvalue weighted by atomic mass is 10.1. The second-order valence-electron chi connectivity index (χ2n) is 3.54. The molecule has 2 N–H and O–H groups in total. The first kappa shape index (κ1) is 9.33. The summed E-state index contributed by atoms with van der Waals surface area (Å²) in [5, 5.41) is 2.66. The summed E-state index contributed by atoms with van der Waals surface area (Å²) in [5.41, 5.74) is 4.14. The first-order valence-electron chi connectivity index (χ1n) is 4.18. The lowest BCUT2D eigenvalue weighted by Crippen LogP contribution is -2.15. The summed E-state index contributed by atoms with van der Waals surface area (Å²) in [6.07, 6.45) is 0. The number of fused-ring (bicyclic) bond motifs is 1. The number of aromatic nitrogens is 2. The fourth-order valence-electron chi connectivity index (χ4n) is 1.14. The summed E-state index contributed by atoms with van der Waals surface area (Å²) in [6.45, 7) is 2.84. The maximum Gasteiger partial charge on any atom is 0.169 e. The molecular formula is C9H10FN3S. The van der Waals surface area contributed by atoms with Crippen LogP contribution in [-0.4, -0.2) is 9.97 Å². The number of rotatable bonds is 1. The molecule has 0 atom stereocenters. The van der Waals surface area contributed by atoms with Crippen LogP contribution in [0.15, 0.2) is 11.4 Å². The van der Waals surface area contributed by atoms with Gasteiger partial charge >= 0.3 is 0 Å². The predicted octanol–water partition coefficient (Wildman–Crippen LogP) is 2.48. The SMILES string of the molecule is CC(C)(F)c1nc(N)c2ccsc2n1. The van der Waals surface area contributed by atoms with E-state index in [1.807, 2.05) is 11.4 Å². The van der Waals surface area contributed by atoms with Gasteiger partial charge in [-0.3, -0.25) is 0 Å². The zero-order valence-electron chi connectivity index (χ0n) is 7.91. The van der Waals surface area contributed by atoms with Gasteiger partial charge in [0.2, 0.25) is 0 Å². The molecule has 0 aliphatic carbocycles. The van der Waals surface area contributed by atoms with Gasteiger partial charge in [-0.2, -0.15) is 0 Å². The number of nitrogens with two attached hydrogens (primary N) is 1. The number of nitrogen functional groups attached to an aromatic ring is 1. The first-order valence-corrected chi connectivity index (χ1v) is 5.06. The summed E-state index contributed by atoms with van der Waals surface area (Å²) < 4.78 is 13.6. The van der Waals surface area contributed by atoms with Gasteiger partial charge in [-0.1, -0.05) is 0 Å². The predicted molar refractivity (Wildman–Crippen MR) is 56.0 cm³/mol. The van der Waals surface area contributed by atoms with E-state index >= 15 is 0 Å². The highest BCUT2D eigenvalue weighted by Crippen LogP contribution is 2.28. The largest absolute Gasteiger partial charge is 0.383 e. The van der Waals surface area contributed by atoms with E-state index in [9.17, 15) is 4.39 Å². The molecule has 0 spiro atoms. The summed E-state index contributed by atoms with van der Waals surface area (Å²) in [6, 6.07) is 1.84. The van der Waals surface area contributed by atoms with Crippen molar-refractivity contribution < 1.29 is 4.39 Å². The Bertz CT molecular complexity index is 472. The maximum absolute atomic E-state index is 13.6. The molecule has 0 radical (unpaired) electrons. The van der Waals surface area contributed by atoms with E-state index in [2.05, 4.69) is 9.97 Å². The van der Waals surface area contributed by atoms with Crippen LogP contribution in [0.25, 0.3) is 10.2 Å². The van der Waals surface area contributed by atoms with E-state index in [1.165, 1.54) is 25.2 Å². The monoisotopic (exact) mass is 211 g/mol. The number of halogens is 1. The number of hydrogen-bond donors (Lipinski definition) is 1. The van der Waals surface area contributed by atoms with Crippen LogP contribution >= 0.6 is 11.3 Å². The van der Waals surface area contributed by atoms with E-state index in [1.54, 1.807) is 0 Å². The van der Waals surface area contributed by atoms with Crippen LogP contribution in [-0.2, 0) is 5.67 Å². The highest BCUT2D eigenvalue weighted by atomic mass is 32.1. The molecule has 0 saturated heterocycles. The molecule has 14 heavy (non-hydrogen) atoms. The van der Waals surface area contributed by atoms with E-state index in [-0.39, 0.29) is 5.82 Å². The molecule has 5 heteroatoms. The van der Waals surface area contributed by atoms with E-state index in [0.29, 0.717) is 5.82 Å². The average molecular weight is 211 g/mol. The number of anilines is 1. The molecule has 0 aliphatic heterocycles. The first-order chi connectivity index (χ1) is 6.48. The molecule has 2 rings (SSSR count). The van der Waals surface area contributed by atoms with Crippen LogP contribution in [0, 0.1) is 0 Å². The molecule has 74 valence electrons. The van der Waals surface area contributed by atoms with Crippen molar-refractivity contribution in [2.45, 2.75) is 19.5 Å². The van der Waals surface area contributed by atoms with Gasteiger partial charge in [0.25, 0.3) is 0 Å². The van der Waals surface area contributed by atoms with Crippen LogP contribution in [0.1, 0.15) is 19.7 Å². The number of alkyl halides is 1. The van der Waals surface area contributed by atoms with Gasteiger partial charge in [0.1, 0.15) is 10.6 Å². The second-order valence-corrected chi connectivity index (χ2v) is 4.44. The smallest absolute Gasteiger partial charge is 0.169 e. The van der Waals surface area contributed by atoms with E-state index in [0.717, 1.165) is 10.2 Å². The van der Waals surface area contributed by atoms with Crippen LogP contribution in [0.2, 0.25) is 0 Å². The van der Waals surface area contributed by atoms with Crippen molar-refractivity contribution in [1.82, 2.24) is 9.97 Å². The van der Waals surface area contributed by atoms with Crippen molar-refractivity contribution in [1.29, 1.82) is 0 Å². The molecule has 0 bridgehead atoms. The Labute approximate surface area is 84.8 Å². The maximum atomic E-state index is 13.6. The Morgan fingerprint density at radius 3 is 2.79 bits per heavy atom. The fraction of sp³-hybridized carbons (Fsp3) is 0.333. The highest BCUT2D eigenvalue weighted by molar-refractivity contribution is 7.16. The molecule has 3 nitrogen and oxygen atoms in total. The zero-order chi connectivity index (χ0) is 10.3. The Morgan fingerprint density at radius 2 is 2.14 bits per heavy atom. The van der Waals surface area contributed by atoms with Crippen molar-refractivity contribution in [3.8, 4) is 0 Å². The summed E-state index contributed by atoms with van der Waals surface area (Å²) >= 11 is 1.43. The second kappa shape index (κ2) is 2.88. The van der Waals surface area contributed by atoms with Gasteiger partial charge in [-0.15, -0.1) is 11.3 Å². The minimum atomic E-state index is -1.55. The van der Waals surface area contributed by atoms with Gasteiger partial charge in [0, 0.05) is 0 Å². The normalized spacial score (nSPS) is 12.2. The van der Waals surface area contributed by atoms with E-state index in [4.69, 9.17) is 5.73 Å². The molecule has 0 unspecified atom stereocenters. The molecule has 0 aromatic carbocycles. The lowest BCUT2D eigenvalue weighted by molar-refractivity contribution is 0.207. The molecule has 0 saturated carbocycles. The standard InChI is InChI=1S/C9H10FN3S/c1-9(2,10)8-12-6(11)5-3-4-14-7(5)13-8/h3-4H,1-2H3,(H2,11,12,13). The highest BCUT2D eigenvalue weighted by Gasteiger charge is 2.23. The Morgan fingerprint density at radius 1 is 1.43 bits per heavy atom. The molecule has 0 aliphatic rings. The number of thiophene rings is 1. The lowest BCUT2D eigenvalue weighted by Gasteiger charge is -2.12. The molecule has 0 fully saturated rings. The van der Waals surface area contributed by atoms with Crippen molar-refractivity contribution in [3.63, 3.8) is 0 Å². The summed E-state index contributed by atoms with van der Waals surface area (Å²) in [4.78, 5) is 8.80. The van der Waals surface area contributed by atoms with Crippen molar-refractivity contribution >= 4 is 27.4 Å². The topological polar surface area (TPSA) is 51.8 Å². The van der Waals surface area contributed by atoms with Crippen LogP contribution in [0.4, 0.5) is 10.2 Å². The van der Waals surface area contributed by atoms with Gasteiger partial charge in [-0.25, -0.2) is 14.4 Å². The van der Waals surface area contributed by atoms with Crippen LogP contribution < -0.4 is 5.73 Å². The van der Waals surface area contributed by atoms with Gasteiger partial charge in [-0.05, 0) is 25.3 Å². The molecule has 2 aromatic rings. The van der Waals surface area contributed by atoms with Gasteiger partial charge < -0.3 is 5.73 Å². The Kier molecular flexibility index (Phi) is 1.92. The van der Waals surface area contributed by atoms with Crippen molar-refractivity contribution in [2.24, 2.45) is 0 Å². The Hall–Kier alpha value is -1.23. The minimum Gasteiger partial charge on any atom is -0.383 e. The van der Waals surface area contributed by atoms with Crippen molar-refractivity contribution in [3.05, 3.63) is 17.3 Å². The van der Waals surface area contributed by atoms with Crippen LogP contribution in [0.3, 0.4) is 0 Å². The summed E-state index contributed by atoms with van der Waals surface area (Å²) in [7, 11) is 0. The zero-order valence-corrected chi connectivity index (χ0v) is 8.73. The van der Waals surface area contributed by atoms with Gasteiger partial charge in [0.15, 0.2) is 11.5 Å². The molecular weight excluding hydrogens is 201 g/mol. The molecule has 0 amide bonds.